The van der Waals surface area contributed by atoms with Gasteiger partial charge in [0.1, 0.15) is 0 Å². The third-order valence-corrected chi connectivity index (χ3v) is 4.80. The fourth-order valence-corrected chi connectivity index (χ4v) is 3.41. The molecule has 0 aliphatic carbocycles. The Bertz CT molecular complexity index is 705. The van der Waals surface area contributed by atoms with Crippen molar-refractivity contribution in [1.29, 1.82) is 0 Å². The van der Waals surface area contributed by atoms with Crippen LogP contribution in [0.1, 0.15) is 27.3 Å². The quantitative estimate of drug-likeness (QED) is 0.854. The number of nitrogens with one attached hydrogen (secondary N) is 2. The molecule has 126 valence electrons. The third-order valence-electron chi connectivity index (χ3n) is 4.80. The zero-order valence-corrected chi connectivity index (χ0v) is 13.7. The number of rotatable bonds is 3. The molecule has 0 atom stereocenters. The van der Waals surface area contributed by atoms with E-state index in [9.17, 15) is 4.79 Å². The van der Waals surface area contributed by atoms with E-state index in [2.05, 4.69) is 31.5 Å². The third kappa shape index (κ3) is 3.05. The zero-order chi connectivity index (χ0) is 16.4. The number of hydrogen-bond donors (Lipinski definition) is 2. The summed E-state index contributed by atoms with van der Waals surface area (Å²) >= 11 is 0. The molecule has 0 aromatic carbocycles. The lowest BCUT2D eigenvalue weighted by Gasteiger charge is -2.34. The van der Waals surface area contributed by atoms with Gasteiger partial charge in [0.2, 0.25) is 0 Å². The number of fused-ring (bicyclic) bond motifs is 1. The SMILES string of the molecule is O=C(c1n[nH]c2c1CNCC2)N1CCN(Cc2cccnc2)CC1. The maximum Gasteiger partial charge on any atom is 0.274 e. The van der Waals surface area contributed by atoms with Crippen LogP contribution in [0.2, 0.25) is 0 Å². The number of amides is 1. The van der Waals surface area contributed by atoms with E-state index < -0.39 is 0 Å². The van der Waals surface area contributed by atoms with Crippen LogP contribution in [-0.2, 0) is 19.5 Å². The Kier molecular flexibility index (Phi) is 4.27. The standard InChI is InChI=1S/C17H22N6O/c24-17(16-14-11-19-5-3-15(14)20-21-16)23-8-6-22(7-9-23)12-13-2-1-4-18-10-13/h1-2,4,10,19H,3,5-9,11-12H2,(H,20,21). The first kappa shape index (κ1) is 15.3. The highest BCUT2D eigenvalue weighted by Crippen LogP contribution is 2.18. The van der Waals surface area contributed by atoms with Crippen molar-refractivity contribution in [3.63, 3.8) is 0 Å². The van der Waals surface area contributed by atoms with Crippen LogP contribution in [0.5, 0.6) is 0 Å². The van der Waals surface area contributed by atoms with E-state index >= 15 is 0 Å². The molecule has 2 N–H and O–H groups in total. The van der Waals surface area contributed by atoms with Gasteiger partial charge < -0.3 is 10.2 Å². The average molecular weight is 326 g/mol. The summed E-state index contributed by atoms with van der Waals surface area (Å²) in [5, 5.41) is 10.6. The largest absolute Gasteiger partial charge is 0.335 e. The molecule has 7 nitrogen and oxygen atoms in total. The fourth-order valence-electron chi connectivity index (χ4n) is 3.41. The maximum atomic E-state index is 12.8. The highest BCUT2D eigenvalue weighted by molar-refractivity contribution is 5.94. The van der Waals surface area contributed by atoms with Gasteiger partial charge in [0.25, 0.3) is 5.91 Å². The van der Waals surface area contributed by atoms with Gasteiger partial charge in [-0.15, -0.1) is 0 Å². The van der Waals surface area contributed by atoms with Crippen molar-refractivity contribution in [2.45, 2.75) is 19.5 Å². The van der Waals surface area contributed by atoms with Crippen molar-refractivity contribution in [2.24, 2.45) is 0 Å². The first-order valence-electron chi connectivity index (χ1n) is 8.48. The van der Waals surface area contributed by atoms with Gasteiger partial charge in [0.15, 0.2) is 5.69 Å². The Hall–Kier alpha value is -2.25. The molecule has 0 saturated carbocycles. The first-order chi connectivity index (χ1) is 11.8. The molecule has 1 saturated heterocycles. The topological polar surface area (TPSA) is 77.2 Å². The number of hydrogen-bond acceptors (Lipinski definition) is 5. The summed E-state index contributed by atoms with van der Waals surface area (Å²) in [6.07, 6.45) is 4.61. The van der Waals surface area contributed by atoms with E-state index in [1.807, 2.05) is 17.2 Å². The van der Waals surface area contributed by atoms with Crippen LogP contribution in [0.15, 0.2) is 24.5 Å². The van der Waals surface area contributed by atoms with Crippen molar-refractivity contribution in [3.05, 3.63) is 47.0 Å². The number of carbonyl (C=O) groups is 1. The number of carbonyl (C=O) groups excluding carboxylic acids is 1. The molecule has 0 spiro atoms. The predicted molar refractivity (Wildman–Crippen MR) is 89.4 cm³/mol. The molecule has 0 bridgehead atoms. The number of piperazine rings is 1. The normalized spacial score (nSPS) is 18.4. The van der Waals surface area contributed by atoms with Gasteiger partial charge in [-0.3, -0.25) is 19.8 Å². The van der Waals surface area contributed by atoms with Crippen molar-refractivity contribution in [1.82, 2.24) is 30.3 Å². The Balaban J connectivity index is 1.37. The van der Waals surface area contributed by atoms with Crippen LogP contribution in [0.3, 0.4) is 0 Å². The van der Waals surface area contributed by atoms with Crippen LogP contribution in [0.4, 0.5) is 0 Å². The monoisotopic (exact) mass is 326 g/mol. The summed E-state index contributed by atoms with van der Waals surface area (Å²) in [5.74, 6) is 0.0530. The van der Waals surface area contributed by atoms with Gasteiger partial charge in [-0.2, -0.15) is 5.10 Å². The van der Waals surface area contributed by atoms with Gasteiger partial charge in [-0.05, 0) is 11.6 Å². The number of pyridine rings is 1. The fraction of sp³-hybridized carbons (Fsp3) is 0.471. The van der Waals surface area contributed by atoms with Crippen LogP contribution >= 0.6 is 0 Å². The second-order valence-electron chi connectivity index (χ2n) is 6.39. The number of aromatic amines is 1. The highest BCUT2D eigenvalue weighted by atomic mass is 16.2. The summed E-state index contributed by atoms with van der Waals surface area (Å²) in [6.45, 7) is 5.81. The molecule has 1 fully saturated rings. The van der Waals surface area contributed by atoms with Crippen LogP contribution in [-0.4, -0.2) is 63.6 Å². The minimum Gasteiger partial charge on any atom is -0.335 e. The zero-order valence-electron chi connectivity index (χ0n) is 13.7. The maximum absolute atomic E-state index is 12.8. The Morgan fingerprint density at radius 3 is 2.92 bits per heavy atom. The van der Waals surface area contributed by atoms with E-state index in [1.54, 1.807) is 6.20 Å². The molecule has 24 heavy (non-hydrogen) atoms. The van der Waals surface area contributed by atoms with Gasteiger partial charge in [-0.25, -0.2) is 0 Å². The smallest absolute Gasteiger partial charge is 0.274 e. The minimum atomic E-state index is 0.0530. The molecule has 4 rings (SSSR count). The molecule has 2 aromatic heterocycles. The van der Waals surface area contributed by atoms with Crippen molar-refractivity contribution in [2.75, 3.05) is 32.7 Å². The second-order valence-corrected chi connectivity index (χ2v) is 6.39. The summed E-state index contributed by atoms with van der Waals surface area (Å²) in [5.41, 5.74) is 3.96. The molecule has 1 amide bonds. The predicted octanol–water partition coefficient (Wildman–Crippen LogP) is 0.408. The lowest BCUT2D eigenvalue weighted by atomic mass is 10.1. The molecular weight excluding hydrogens is 304 g/mol. The van der Waals surface area contributed by atoms with E-state index in [-0.39, 0.29) is 5.91 Å². The molecule has 0 radical (unpaired) electrons. The molecule has 2 aromatic rings. The van der Waals surface area contributed by atoms with E-state index in [0.717, 1.165) is 63.5 Å². The molecular formula is C17H22N6O. The summed E-state index contributed by atoms with van der Waals surface area (Å²) in [7, 11) is 0. The van der Waals surface area contributed by atoms with E-state index in [1.165, 1.54) is 5.56 Å². The number of aromatic nitrogens is 3. The summed E-state index contributed by atoms with van der Waals surface area (Å²) < 4.78 is 0. The number of nitrogens with zero attached hydrogens (tertiary/aromatic N) is 4. The average Bonchev–Trinajstić information content (AvgIpc) is 3.07. The van der Waals surface area contributed by atoms with Crippen molar-refractivity contribution >= 4 is 5.91 Å². The Labute approximate surface area is 141 Å². The highest BCUT2D eigenvalue weighted by Gasteiger charge is 2.27. The lowest BCUT2D eigenvalue weighted by Crippen LogP contribution is -2.48. The van der Waals surface area contributed by atoms with Gasteiger partial charge in [-0.1, -0.05) is 6.07 Å². The molecule has 0 unspecified atom stereocenters. The molecule has 4 heterocycles. The first-order valence-corrected chi connectivity index (χ1v) is 8.48. The van der Waals surface area contributed by atoms with E-state index in [0.29, 0.717) is 5.69 Å². The molecule has 2 aliphatic rings. The molecule has 2 aliphatic heterocycles. The van der Waals surface area contributed by atoms with Crippen molar-refractivity contribution in [3.8, 4) is 0 Å². The van der Waals surface area contributed by atoms with Crippen LogP contribution < -0.4 is 5.32 Å². The van der Waals surface area contributed by atoms with Gasteiger partial charge in [0.05, 0.1) is 0 Å². The van der Waals surface area contributed by atoms with Gasteiger partial charge in [0, 0.05) is 75.9 Å². The molecule has 7 heteroatoms. The second kappa shape index (κ2) is 6.70. The van der Waals surface area contributed by atoms with Crippen LogP contribution in [0.25, 0.3) is 0 Å². The van der Waals surface area contributed by atoms with E-state index in [4.69, 9.17) is 0 Å². The summed E-state index contributed by atoms with van der Waals surface area (Å²) in [4.78, 5) is 21.2. The Morgan fingerprint density at radius 2 is 2.12 bits per heavy atom. The van der Waals surface area contributed by atoms with Crippen LogP contribution in [0, 0.1) is 0 Å². The van der Waals surface area contributed by atoms with Gasteiger partial charge >= 0.3 is 0 Å². The lowest BCUT2D eigenvalue weighted by molar-refractivity contribution is 0.0621. The summed E-state index contributed by atoms with van der Waals surface area (Å²) in [6, 6.07) is 4.05. The minimum absolute atomic E-state index is 0.0530. The Morgan fingerprint density at radius 1 is 1.25 bits per heavy atom. The number of H-pyrrole nitrogens is 1. The van der Waals surface area contributed by atoms with Crippen molar-refractivity contribution < 1.29 is 4.79 Å².